The molecule has 2 N–H and O–H groups in total. The Balaban J connectivity index is 0.00000259. The van der Waals surface area contributed by atoms with Crippen LogP contribution >= 0.6 is 23.5 Å². The average molecular weight is 665 g/mol. The van der Waals surface area contributed by atoms with E-state index in [-0.39, 0.29) is 30.3 Å². The van der Waals surface area contributed by atoms with Crippen LogP contribution in [0.4, 0.5) is 14.5 Å². The molecule has 4 aromatic carbocycles. The van der Waals surface area contributed by atoms with Gasteiger partial charge >= 0.3 is 0 Å². The third-order valence-corrected chi connectivity index (χ3v) is 8.91. The molecule has 4 rings (SSSR count). The lowest BCUT2D eigenvalue weighted by atomic mass is 10.1. The number of hydroxylamine groups is 1. The zero-order chi connectivity index (χ0) is 32.4. The van der Waals surface area contributed by atoms with Crippen molar-refractivity contribution in [1.29, 1.82) is 0 Å². The number of carbonyl (C=O) groups is 1. The Morgan fingerprint density at radius 1 is 0.955 bits per heavy atom. The van der Waals surface area contributed by atoms with Crippen LogP contribution in [-0.4, -0.2) is 64.7 Å². The molecule has 4 aromatic rings. The van der Waals surface area contributed by atoms with E-state index in [1.54, 1.807) is 22.9 Å². The minimum absolute atomic E-state index is 0.160. The van der Waals surface area contributed by atoms with Crippen molar-refractivity contribution in [2.75, 3.05) is 45.7 Å². The number of anilines is 1. The second-order valence-electron chi connectivity index (χ2n) is 9.39. The van der Waals surface area contributed by atoms with Crippen LogP contribution < -0.4 is 15.1 Å². The van der Waals surface area contributed by atoms with Gasteiger partial charge in [0.25, 0.3) is 5.91 Å². The number of nitrogens with one attached hydrogen (secondary N) is 1. The molecule has 0 saturated heterocycles. The molecule has 8 nitrogen and oxygen atoms in total. The smallest absolute Gasteiger partial charge is 0.258 e. The number of benzene rings is 4. The van der Waals surface area contributed by atoms with Gasteiger partial charge in [-0.2, -0.15) is 0 Å². The lowest BCUT2D eigenvalue weighted by Gasteiger charge is -2.24. The first-order valence-corrected chi connectivity index (χ1v) is 15.9. The Morgan fingerprint density at radius 3 is 2.18 bits per heavy atom. The van der Waals surface area contributed by atoms with Gasteiger partial charge in [-0.3, -0.25) is 10.0 Å². The minimum Gasteiger partial charge on any atom is -0.451 e. The number of likely N-dealkylation sites (N-methyl/N-ethyl adjacent to an activating group) is 1. The number of hydrogen-bond donors (Lipinski definition) is 2. The van der Waals surface area contributed by atoms with Gasteiger partial charge in [0, 0.05) is 60.6 Å². The van der Waals surface area contributed by atoms with Gasteiger partial charge in [-0.05, 0) is 60.5 Å². The molecule has 0 heterocycles. The van der Waals surface area contributed by atoms with Crippen LogP contribution in [0, 0.1) is 11.6 Å². The minimum atomic E-state index is -1.55. The number of amides is 1. The van der Waals surface area contributed by atoms with Crippen LogP contribution in [0.15, 0.2) is 82.6 Å². The molecule has 1 atom stereocenters. The van der Waals surface area contributed by atoms with E-state index >= 15 is 0 Å². The average Bonchev–Trinajstić information content (AvgIpc) is 3.02. The van der Waals surface area contributed by atoms with Crippen LogP contribution in [0.25, 0.3) is 10.8 Å². The second kappa shape index (κ2) is 16.7. The maximum absolute atomic E-state index is 14.9. The van der Waals surface area contributed by atoms with E-state index in [9.17, 15) is 17.8 Å². The van der Waals surface area contributed by atoms with Gasteiger partial charge in [0.1, 0.15) is 16.7 Å². The Hall–Kier alpha value is -3.26. The normalized spacial score (nSPS) is 11.7. The largest absolute Gasteiger partial charge is 0.451 e. The first-order chi connectivity index (χ1) is 21.1. The molecule has 0 aliphatic heterocycles. The van der Waals surface area contributed by atoms with Crippen molar-refractivity contribution < 1.29 is 27.7 Å². The molecule has 0 saturated carbocycles. The third kappa shape index (κ3) is 9.13. The van der Waals surface area contributed by atoms with Gasteiger partial charge in [-0.15, -0.1) is 0 Å². The second-order valence-corrected chi connectivity index (χ2v) is 12.6. The van der Waals surface area contributed by atoms with E-state index in [1.165, 1.54) is 28.6 Å². The number of fused-ring (bicyclic) bond motifs is 1. The molecule has 0 fully saturated rings. The summed E-state index contributed by atoms with van der Waals surface area (Å²) >= 11 is 6.76. The Morgan fingerprint density at radius 2 is 1.57 bits per heavy atom. The van der Waals surface area contributed by atoms with Crippen LogP contribution in [0.1, 0.15) is 13.8 Å². The van der Waals surface area contributed by atoms with Crippen LogP contribution in [-0.2, 0) is 15.8 Å². The Bertz CT molecular complexity index is 1570. The molecule has 1 unspecified atom stereocenters. The standard InChI is InChI=1S/C29H29ClF2N4O4S2.C2H6/c1-34(2)26-8-4-7-23-22(26)6-5-9-27(23)42(39)35(3)14-15-36(18-28(37)33-38)41-21-16-24(31)29(25(32)17-21)40-20-12-10-19(30)11-13-20;1-2/h4-13,16-17,38H,14-15,18H2,1-3H3,(H,33,37);1-2H3. The van der Waals surface area contributed by atoms with Crippen molar-refractivity contribution in [1.82, 2.24) is 14.1 Å². The number of halogens is 3. The fraction of sp³-hybridized carbons (Fsp3) is 0.258. The van der Waals surface area contributed by atoms with Crippen molar-refractivity contribution in [3.63, 3.8) is 0 Å². The maximum atomic E-state index is 14.9. The summed E-state index contributed by atoms with van der Waals surface area (Å²) in [7, 11) is 4.02. The molecule has 0 spiro atoms. The Labute approximate surface area is 268 Å². The van der Waals surface area contributed by atoms with E-state index in [0.717, 1.165) is 40.5 Å². The summed E-state index contributed by atoms with van der Waals surface area (Å²) in [6.07, 6.45) is 0. The van der Waals surface area contributed by atoms with Crippen molar-refractivity contribution in [2.45, 2.75) is 23.6 Å². The molecule has 44 heavy (non-hydrogen) atoms. The molecule has 0 aliphatic rings. The molecule has 0 aliphatic carbocycles. The Kier molecular flexibility index (Phi) is 13.4. The highest BCUT2D eigenvalue weighted by molar-refractivity contribution is 7.97. The molecular formula is C31H35ClF2N4O4S2. The highest BCUT2D eigenvalue weighted by atomic mass is 35.5. The number of nitrogens with zero attached hydrogens (tertiary/aromatic N) is 3. The summed E-state index contributed by atoms with van der Waals surface area (Å²) in [6.45, 7) is 4.10. The summed E-state index contributed by atoms with van der Waals surface area (Å²) in [5, 5.41) is 11.3. The van der Waals surface area contributed by atoms with E-state index in [1.807, 2.05) is 63.2 Å². The van der Waals surface area contributed by atoms with Crippen LogP contribution in [0.5, 0.6) is 11.5 Å². The molecular weight excluding hydrogens is 630 g/mol. The van der Waals surface area contributed by atoms with Gasteiger partial charge in [-0.25, -0.2) is 27.1 Å². The van der Waals surface area contributed by atoms with E-state index < -0.39 is 34.3 Å². The monoisotopic (exact) mass is 664 g/mol. The highest BCUT2D eigenvalue weighted by Crippen LogP contribution is 2.34. The summed E-state index contributed by atoms with van der Waals surface area (Å²) < 4.78 is 51.8. The fourth-order valence-electron chi connectivity index (χ4n) is 4.12. The SMILES string of the molecule is CC.CN(C)c1cccc2c(S(=O)N(C)CCN(CC(=O)NO)Sc3cc(F)c(Oc4ccc(Cl)cc4)c(F)c3)cccc12. The predicted molar refractivity (Wildman–Crippen MR) is 174 cm³/mol. The number of rotatable bonds is 12. The lowest BCUT2D eigenvalue weighted by molar-refractivity contribution is -0.129. The summed E-state index contributed by atoms with van der Waals surface area (Å²) in [5.74, 6) is -2.97. The van der Waals surface area contributed by atoms with Crippen molar-refractivity contribution in [3.8, 4) is 11.5 Å². The van der Waals surface area contributed by atoms with E-state index in [2.05, 4.69) is 0 Å². The van der Waals surface area contributed by atoms with Gasteiger partial charge < -0.3 is 9.64 Å². The summed E-state index contributed by atoms with van der Waals surface area (Å²) in [6, 6.07) is 19.7. The summed E-state index contributed by atoms with van der Waals surface area (Å²) in [4.78, 5) is 14.8. The molecule has 0 radical (unpaired) electrons. The lowest BCUT2D eigenvalue weighted by Crippen LogP contribution is -2.36. The fourth-order valence-corrected chi connectivity index (χ4v) is 6.35. The maximum Gasteiger partial charge on any atom is 0.258 e. The third-order valence-electron chi connectivity index (χ3n) is 6.16. The van der Waals surface area contributed by atoms with E-state index in [0.29, 0.717) is 9.92 Å². The highest BCUT2D eigenvalue weighted by Gasteiger charge is 2.20. The van der Waals surface area contributed by atoms with Crippen molar-refractivity contribution in [3.05, 3.63) is 89.5 Å². The molecule has 236 valence electrons. The van der Waals surface area contributed by atoms with Crippen LogP contribution in [0.2, 0.25) is 5.02 Å². The van der Waals surface area contributed by atoms with Gasteiger partial charge in [0.05, 0.1) is 11.4 Å². The van der Waals surface area contributed by atoms with E-state index in [4.69, 9.17) is 21.5 Å². The number of carbonyl (C=O) groups excluding carboxylic acids is 1. The van der Waals surface area contributed by atoms with Gasteiger partial charge in [0.2, 0.25) is 0 Å². The first-order valence-electron chi connectivity index (χ1n) is 13.7. The van der Waals surface area contributed by atoms with Gasteiger partial charge in [0.15, 0.2) is 17.4 Å². The van der Waals surface area contributed by atoms with Crippen molar-refractivity contribution >= 4 is 56.9 Å². The first kappa shape index (κ1) is 35.2. The van der Waals surface area contributed by atoms with Gasteiger partial charge in [-0.1, -0.05) is 49.7 Å². The zero-order valence-electron chi connectivity index (χ0n) is 25.0. The van der Waals surface area contributed by atoms with Crippen LogP contribution in [0.3, 0.4) is 0 Å². The predicted octanol–water partition coefficient (Wildman–Crippen LogP) is 7.13. The molecule has 0 bridgehead atoms. The molecule has 1 amide bonds. The zero-order valence-corrected chi connectivity index (χ0v) is 27.4. The van der Waals surface area contributed by atoms with Crippen molar-refractivity contribution in [2.24, 2.45) is 0 Å². The number of ether oxygens (including phenoxy) is 1. The quantitative estimate of drug-likeness (QED) is 0.0947. The number of hydrogen-bond acceptors (Lipinski definition) is 7. The summed E-state index contributed by atoms with van der Waals surface area (Å²) in [5.41, 5.74) is 2.56. The topological polar surface area (TPSA) is 85.4 Å². The molecule has 0 aromatic heterocycles. The molecule has 13 heteroatoms.